The molecule has 7 rings (SSSR count). The molecule has 5 heterocycles. The van der Waals surface area contributed by atoms with Gasteiger partial charge in [0.1, 0.15) is 39.9 Å². The van der Waals surface area contributed by atoms with Gasteiger partial charge < -0.3 is 30.0 Å². The number of ether oxygens (including phenoxy) is 3. The van der Waals surface area contributed by atoms with E-state index in [1.54, 1.807) is 39.5 Å². The second kappa shape index (κ2) is 11.4. The van der Waals surface area contributed by atoms with Gasteiger partial charge in [0.25, 0.3) is 0 Å². The zero-order valence-electron chi connectivity index (χ0n) is 28.5. The van der Waals surface area contributed by atoms with Gasteiger partial charge in [-0.3, -0.25) is 4.90 Å². The lowest BCUT2D eigenvalue weighted by Gasteiger charge is -2.48. The fourth-order valence-electron chi connectivity index (χ4n) is 7.68. The highest BCUT2D eigenvalue weighted by Gasteiger charge is 2.54. The van der Waals surface area contributed by atoms with Gasteiger partial charge in [-0.05, 0) is 78.9 Å². The molecule has 2 aromatic heterocycles. The van der Waals surface area contributed by atoms with E-state index in [2.05, 4.69) is 9.97 Å². The number of halogens is 5. The van der Waals surface area contributed by atoms with Crippen LogP contribution >= 0.6 is 0 Å². The molecule has 11 nitrogen and oxygen atoms in total. The molecule has 3 fully saturated rings. The summed E-state index contributed by atoms with van der Waals surface area (Å²) < 4.78 is 93.1. The summed E-state index contributed by atoms with van der Waals surface area (Å²) in [6.07, 6.45) is -4.41. The Bertz CT molecular complexity index is 1900. The van der Waals surface area contributed by atoms with Crippen LogP contribution in [0.1, 0.15) is 71.4 Å². The predicted octanol–water partition coefficient (Wildman–Crippen LogP) is 6.16. The van der Waals surface area contributed by atoms with Crippen molar-refractivity contribution in [2.45, 2.75) is 109 Å². The Morgan fingerprint density at radius 1 is 1.16 bits per heavy atom. The van der Waals surface area contributed by atoms with Crippen LogP contribution in [0.2, 0.25) is 0 Å². The van der Waals surface area contributed by atoms with Crippen LogP contribution in [0.15, 0.2) is 6.07 Å². The zero-order valence-corrected chi connectivity index (χ0v) is 28.5. The van der Waals surface area contributed by atoms with E-state index in [0.29, 0.717) is 31.7 Å². The van der Waals surface area contributed by atoms with E-state index in [1.165, 1.54) is 0 Å². The Morgan fingerprint density at radius 2 is 1.86 bits per heavy atom. The topological polar surface area (TPSA) is 136 Å². The van der Waals surface area contributed by atoms with Crippen molar-refractivity contribution in [1.29, 1.82) is 0 Å². The monoisotopic (exact) mass is 706 g/mol. The molecule has 2 bridgehead atoms. The number of aromatic nitrogens is 3. The number of benzene rings is 1. The highest BCUT2D eigenvalue weighted by molar-refractivity contribution is 5.98. The number of piperazine rings is 1. The van der Waals surface area contributed by atoms with E-state index in [9.17, 15) is 27.5 Å². The Hall–Kier alpha value is -4.21. The number of alkyl halides is 3. The van der Waals surface area contributed by atoms with Gasteiger partial charge in [0.2, 0.25) is 5.88 Å². The molecule has 0 radical (unpaired) electrons. The molecule has 16 heteroatoms. The van der Waals surface area contributed by atoms with Crippen LogP contribution in [0.3, 0.4) is 0 Å². The molecule has 1 saturated carbocycles. The van der Waals surface area contributed by atoms with Crippen LogP contribution in [-0.2, 0) is 10.9 Å². The van der Waals surface area contributed by atoms with Crippen molar-refractivity contribution in [2.75, 3.05) is 23.8 Å². The molecule has 50 heavy (non-hydrogen) atoms. The number of carbonyl (C=O) groups is 1. The van der Waals surface area contributed by atoms with E-state index in [-0.39, 0.29) is 42.3 Å². The molecule has 3 N–H and O–H groups in total. The van der Waals surface area contributed by atoms with Gasteiger partial charge in [-0.1, -0.05) is 0 Å². The lowest BCUT2D eigenvalue weighted by molar-refractivity contribution is -0.137. The number of carbonyl (C=O) groups excluding carboxylic acids is 1. The van der Waals surface area contributed by atoms with Gasteiger partial charge in [0.15, 0.2) is 5.82 Å². The third-order valence-electron chi connectivity index (χ3n) is 10.4. The van der Waals surface area contributed by atoms with Crippen molar-refractivity contribution in [2.24, 2.45) is 5.41 Å². The van der Waals surface area contributed by atoms with E-state index in [4.69, 9.17) is 24.9 Å². The van der Waals surface area contributed by atoms with E-state index >= 15 is 4.39 Å². The van der Waals surface area contributed by atoms with Gasteiger partial charge in [0, 0.05) is 17.5 Å². The molecule has 1 amide bonds. The first kappa shape index (κ1) is 34.2. The normalized spacial score (nSPS) is 24.4. The van der Waals surface area contributed by atoms with Crippen LogP contribution in [0, 0.1) is 24.0 Å². The van der Waals surface area contributed by atoms with Crippen LogP contribution in [-0.4, -0.2) is 80.1 Å². The molecule has 1 unspecified atom stereocenters. The molecule has 2 saturated heterocycles. The largest absolute Gasteiger partial charge is 0.472 e. The van der Waals surface area contributed by atoms with E-state index in [0.717, 1.165) is 6.92 Å². The highest BCUT2D eigenvalue weighted by Crippen LogP contribution is 2.51. The maximum Gasteiger partial charge on any atom is 0.417 e. The Balaban J connectivity index is 1.42. The number of nitrogen functional groups attached to an aromatic ring is 1. The third-order valence-corrected chi connectivity index (χ3v) is 10.4. The van der Waals surface area contributed by atoms with Crippen molar-refractivity contribution < 1.29 is 46.1 Å². The minimum Gasteiger partial charge on any atom is -0.472 e. The van der Waals surface area contributed by atoms with Crippen molar-refractivity contribution in [3.63, 3.8) is 0 Å². The van der Waals surface area contributed by atoms with Gasteiger partial charge in [-0.25, -0.2) is 18.6 Å². The molecule has 0 spiro atoms. The SMILES string of the molecule is Cc1c(F)c(N)cc(-c2nc3c4c(nc(OCC5(C(C)O)CC5)nc4c2F)N2C[C@H]4CC[C@@H]([C@H]2[C@H](C)O3)N4C(=O)OC(C)(C)C)c1C(F)(F)F. The average Bonchev–Trinajstić information content (AvgIpc) is 3.76. The lowest BCUT2D eigenvalue weighted by Crippen LogP contribution is -2.65. The second-order valence-corrected chi connectivity index (χ2v) is 14.9. The highest BCUT2D eigenvalue weighted by atomic mass is 19.4. The summed E-state index contributed by atoms with van der Waals surface area (Å²) in [6.45, 7) is 9.89. The quantitative estimate of drug-likeness (QED) is 0.235. The fourth-order valence-corrected chi connectivity index (χ4v) is 7.68. The van der Waals surface area contributed by atoms with Gasteiger partial charge in [0.05, 0.1) is 42.1 Å². The van der Waals surface area contributed by atoms with Crippen LogP contribution in [0.4, 0.5) is 38.3 Å². The number of aliphatic hydroxyl groups is 1. The first-order chi connectivity index (χ1) is 23.3. The van der Waals surface area contributed by atoms with Crippen molar-refractivity contribution in [1.82, 2.24) is 19.9 Å². The standard InChI is InChI=1S/C34H39F5N6O5/c1-14-22(34(37,38)39)18(11-19(40)23(14)35)25-24(36)26-21-28(43-30(42-26)48-13-33(9-10-33)16(3)46)44-12-17-7-8-20(27(44)15(2)49-29(21)41-25)45(17)31(47)50-32(4,5)6/h11,15-17,20,27,46H,7-10,12-13,40H2,1-6H3/t15-,16?,17+,20-,27+/m0/s1. The smallest absolute Gasteiger partial charge is 0.417 e. The number of aliphatic hydroxyl groups excluding tert-OH is 1. The summed E-state index contributed by atoms with van der Waals surface area (Å²) in [7, 11) is 0. The second-order valence-electron chi connectivity index (χ2n) is 14.9. The number of amides is 1. The molecular weight excluding hydrogens is 667 g/mol. The number of rotatable bonds is 5. The summed E-state index contributed by atoms with van der Waals surface area (Å²) in [6, 6.07) is -0.837. The number of pyridine rings is 1. The molecule has 5 atom stereocenters. The van der Waals surface area contributed by atoms with Crippen LogP contribution in [0.5, 0.6) is 11.9 Å². The summed E-state index contributed by atoms with van der Waals surface area (Å²) >= 11 is 0. The Kier molecular flexibility index (Phi) is 7.81. The molecule has 3 aromatic rings. The number of fused-ring (bicyclic) bond motifs is 5. The number of nitrogens with two attached hydrogens (primary N) is 1. The van der Waals surface area contributed by atoms with Gasteiger partial charge in [-0.2, -0.15) is 23.1 Å². The van der Waals surface area contributed by atoms with E-state index in [1.807, 2.05) is 4.90 Å². The van der Waals surface area contributed by atoms with Gasteiger partial charge >= 0.3 is 18.3 Å². The third kappa shape index (κ3) is 5.50. The van der Waals surface area contributed by atoms with Crippen molar-refractivity contribution in [3.05, 3.63) is 28.8 Å². The number of anilines is 2. The summed E-state index contributed by atoms with van der Waals surface area (Å²) in [5.41, 5.74) is -0.395. The maximum atomic E-state index is 16.9. The first-order valence-electron chi connectivity index (χ1n) is 16.6. The predicted molar refractivity (Wildman–Crippen MR) is 172 cm³/mol. The Morgan fingerprint density at radius 3 is 2.48 bits per heavy atom. The van der Waals surface area contributed by atoms with Crippen molar-refractivity contribution >= 4 is 28.5 Å². The number of hydrogen-bond donors (Lipinski definition) is 2. The average molecular weight is 707 g/mol. The fraction of sp³-hybridized carbons (Fsp3) is 0.588. The molecular formula is C34H39F5N6O5. The molecule has 1 aromatic carbocycles. The zero-order chi connectivity index (χ0) is 36.2. The summed E-state index contributed by atoms with van der Waals surface area (Å²) in [5, 5.41) is 10.4. The van der Waals surface area contributed by atoms with Crippen LogP contribution < -0.4 is 20.1 Å². The molecule has 4 aliphatic rings. The molecule has 3 aliphatic heterocycles. The summed E-state index contributed by atoms with van der Waals surface area (Å²) in [5.74, 6) is -2.58. The van der Waals surface area contributed by atoms with E-state index < -0.39 is 92.8 Å². The number of hydrogen-bond acceptors (Lipinski definition) is 10. The number of nitrogens with zero attached hydrogens (tertiary/aromatic N) is 5. The first-order valence-corrected chi connectivity index (χ1v) is 16.6. The van der Waals surface area contributed by atoms with Crippen molar-refractivity contribution in [3.8, 4) is 23.1 Å². The summed E-state index contributed by atoms with van der Waals surface area (Å²) in [4.78, 5) is 30.4. The minimum absolute atomic E-state index is 0.00935. The minimum atomic E-state index is -5.10. The maximum absolute atomic E-state index is 16.9. The lowest BCUT2D eigenvalue weighted by atomic mass is 9.96. The van der Waals surface area contributed by atoms with Gasteiger partial charge in [-0.15, -0.1) is 0 Å². The molecule has 270 valence electrons. The Labute approximate surface area is 284 Å². The molecule has 1 aliphatic carbocycles. The van der Waals surface area contributed by atoms with Crippen LogP contribution in [0.25, 0.3) is 22.2 Å².